The van der Waals surface area contributed by atoms with Gasteiger partial charge in [0.25, 0.3) is 5.91 Å². The fourth-order valence-electron chi connectivity index (χ4n) is 3.68. The van der Waals surface area contributed by atoms with Crippen molar-refractivity contribution < 1.29 is 14.3 Å². The van der Waals surface area contributed by atoms with Gasteiger partial charge in [0.1, 0.15) is 11.5 Å². The molecule has 0 saturated carbocycles. The predicted molar refractivity (Wildman–Crippen MR) is 122 cm³/mol. The first-order valence-corrected chi connectivity index (χ1v) is 9.81. The van der Waals surface area contributed by atoms with Gasteiger partial charge in [-0.25, -0.2) is 5.43 Å². The van der Waals surface area contributed by atoms with Crippen LogP contribution in [0.3, 0.4) is 0 Å². The van der Waals surface area contributed by atoms with E-state index in [4.69, 9.17) is 9.47 Å². The number of nitrogens with one attached hydrogen (secondary N) is 1. The van der Waals surface area contributed by atoms with E-state index in [1.165, 1.54) is 5.57 Å². The van der Waals surface area contributed by atoms with E-state index in [9.17, 15) is 4.79 Å². The van der Waals surface area contributed by atoms with Crippen molar-refractivity contribution in [3.8, 4) is 11.5 Å². The van der Waals surface area contributed by atoms with Gasteiger partial charge in [-0.1, -0.05) is 12.1 Å². The number of hydrogen-bond acceptors (Lipinski definition) is 5. The fourth-order valence-corrected chi connectivity index (χ4v) is 3.68. The van der Waals surface area contributed by atoms with Gasteiger partial charge < -0.3 is 14.4 Å². The van der Waals surface area contributed by atoms with E-state index in [1.54, 1.807) is 26.5 Å². The maximum Gasteiger partial charge on any atom is 0.275 e. The van der Waals surface area contributed by atoms with Gasteiger partial charge >= 0.3 is 0 Å². The van der Waals surface area contributed by atoms with E-state index >= 15 is 0 Å². The van der Waals surface area contributed by atoms with E-state index in [1.807, 2.05) is 31.2 Å². The van der Waals surface area contributed by atoms with Crippen LogP contribution < -0.4 is 19.8 Å². The highest BCUT2D eigenvalue weighted by Crippen LogP contribution is 2.40. The van der Waals surface area contributed by atoms with Gasteiger partial charge in [-0.2, -0.15) is 5.10 Å². The van der Waals surface area contributed by atoms with E-state index in [-0.39, 0.29) is 11.4 Å². The summed E-state index contributed by atoms with van der Waals surface area (Å²) in [7, 11) is 5.25. The Morgan fingerprint density at radius 3 is 2.47 bits per heavy atom. The van der Waals surface area contributed by atoms with Crippen LogP contribution in [0, 0.1) is 6.92 Å². The van der Waals surface area contributed by atoms with Crippen molar-refractivity contribution in [1.29, 1.82) is 0 Å². The standard InChI is InChI=1S/C24H29N3O3/c1-15-8-9-18(22(10-15)30-7)23(28)26-25-14-17-11-19-16(2)13-24(3,4)27(5)20(19)12-21(17)29-6/h8-14H,1-7H3,(H,26,28)/b25-14-. The number of ether oxygens (including phenoxy) is 2. The van der Waals surface area contributed by atoms with Gasteiger partial charge in [0, 0.05) is 29.9 Å². The third-order valence-corrected chi connectivity index (χ3v) is 5.54. The molecule has 0 fully saturated rings. The van der Waals surface area contributed by atoms with Gasteiger partial charge in [-0.3, -0.25) is 4.79 Å². The summed E-state index contributed by atoms with van der Waals surface area (Å²) in [6.07, 6.45) is 3.85. The van der Waals surface area contributed by atoms with E-state index < -0.39 is 0 Å². The van der Waals surface area contributed by atoms with Crippen LogP contribution in [0.2, 0.25) is 0 Å². The molecule has 1 amide bonds. The number of hydrogen-bond donors (Lipinski definition) is 1. The third kappa shape index (κ3) is 4.03. The van der Waals surface area contributed by atoms with E-state index in [0.29, 0.717) is 17.1 Å². The number of hydrazone groups is 1. The van der Waals surface area contributed by atoms with E-state index in [2.05, 4.69) is 49.3 Å². The molecule has 1 aliphatic rings. The number of anilines is 1. The summed E-state index contributed by atoms with van der Waals surface area (Å²) in [5, 5.41) is 4.15. The van der Waals surface area contributed by atoms with Crippen molar-refractivity contribution in [2.24, 2.45) is 5.10 Å². The second-order valence-electron chi connectivity index (χ2n) is 8.05. The molecule has 0 atom stereocenters. The molecule has 6 heteroatoms. The maximum absolute atomic E-state index is 12.5. The first kappa shape index (κ1) is 21.4. The quantitative estimate of drug-likeness (QED) is 0.589. The molecule has 1 heterocycles. The van der Waals surface area contributed by atoms with Crippen LogP contribution in [-0.2, 0) is 0 Å². The number of aryl methyl sites for hydroxylation is 1. The van der Waals surface area contributed by atoms with Gasteiger partial charge in [0.05, 0.1) is 31.5 Å². The molecular formula is C24H29N3O3. The lowest BCUT2D eigenvalue weighted by Gasteiger charge is -2.40. The number of benzene rings is 2. The molecule has 1 N–H and O–H groups in total. The summed E-state index contributed by atoms with van der Waals surface area (Å²) in [6, 6.07) is 9.46. The summed E-state index contributed by atoms with van der Waals surface area (Å²) < 4.78 is 10.9. The van der Waals surface area contributed by atoms with Gasteiger partial charge in [-0.15, -0.1) is 0 Å². The number of rotatable bonds is 5. The predicted octanol–water partition coefficient (Wildman–Crippen LogP) is 4.41. The highest BCUT2D eigenvalue weighted by atomic mass is 16.5. The molecule has 2 aromatic rings. The lowest BCUT2D eigenvalue weighted by atomic mass is 9.88. The van der Waals surface area contributed by atoms with Crippen LogP contribution in [-0.4, -0.2) is 38.9 Å². The molecule has 6 nitrogen and oxygen atoms in total. The van der Waals surface area contributed by atoms with Crippen molar-refractivity contribution >= 4 is 23.4 Å². The van der Waals surface area contributed by atoms with Crippen molar-refractivity contribution in [2.75, 3.05) is 26.2 Å². The number of carbonyl (C=O) groups excluding carboxylic acids is 1. The fraction of sp³-hybridized carbons (Fsp3) is 0.333. The summed E-state index contributed by atoms with van der Waals surface area (Å²) in [5.74, 6) is 0.870. The second kappa shape index (κ2) is 8.22. The lowest BCUT2D eigenvalue weighted by molar-refractivity contribution is 0.0952. The zero-order valence-corrected chi connectivity index (χ0v) is 18.7. The van der Waals surface area contributed by atoms with Crippen LogP contribution in [0.25, 0.3) is 5.57 Å². The molecule has 0 bridgehead atoms. The Morgan fingerprint density at radius 1 is 1.10 bits per heavy atom. The number of carbonyl (C=O) groups is 1. The highest BCUT2D eigenvalue weighted by molar-refractivity contribution is 5.98. The summed E-state index contributed by atoms with van der Waals surface area (Å²) in [5.41, 5.74) is 8.13. The minimum absolute atomic E-state index is 0.0846. The number of nitrogens with zero attached hydrogens (tertiary/aromatic N) is 2. The average molecular weight is 408 g/mol. The first-order valence-electron chi connectivity index (χ1n) is 9.81. The number of likely N-dealkylation sites (N-methyl/N-ethyl adjacent to an activating group) is 1. The van der Waals surface area contributed by atoms with Crippen LogP contribution in [0.1, 0.15) is 47.8 Å². The second-order valence-corrected chi connectivity index (χ2v) is 8.05. The van der Waals surface area contributed by atoms with Gasteiger partial charge in [-0.05, 0) is 57.0 Å². The SMILES string of the molecule is COc1cc2c(cc1/C=N\NC(=O)c1ccc(C)cc1OC)C(C)=CC(C)(C)N2C. The Kier molecular flexibility index (Phi) is 5.87. The van der Waals surface area contributed by atoms with E-state index in [0.717, 1.165) is 22.4 Å². The summed E-state index contributed by atoms with van der Waals surface area (Å²) in [4.78, 5) is 14.8. The Balaban J connectivity index is 1.88. The number of methoxy groups -OCH3 is 2. The molecule has 1 aliphatic heterocycles. The molecule has 0 unspecified atom stereocenters. The molecule has 0 spiro atoms. The first-order chi connectivity index (χ1) is 14.2. The molecule has 0 radical (unpaired) electrons. The van der Waals surface area contributed by atoms with Crippen molar-refractivity contribution in [3.63, 3.8) is 0 Å². The minimum atomic E-state index is -0.336. The zero-order valence-electron chi connectivity index (χ0n) is 18.7. The molecule has 2 aromatic carbocycles. The highest BCUT2D eigenvalue weighted by Gasteiger charge is 2.29. The lowest BCUT2D eigenvalue weighted by Crippen LogP contribution is -2.42. The largest absolute Gasteiger partial charge is 0.496 e. The summed E-state index contributed by atoms with van der Waals surface area (Å²) in [6.45, 7) is 8.40. The normalized spacial score (nSPS) is 14.9. The van der Waals surface area contributed by atoms with Crippen molar-refractivity contribution in [2.45, 2.75) is 33.2 Å². The number of allylic oxidation sites excluding steroid dienone is 1. The Hall–Kier alpha value is -3.28. The van der Waals surface area contributed by atoms with Crippen molar-refractivity contribution in [1.82, 2.24) is 5.43 Å². The minimum Gasteiger partial charge on any atom is -0.496 e. The van der Waals surface area contributed by atoms with Crippen LogP contribution in [0.5, 0.6) is 11.5 Å². The van der Waals surface area contributed by atoms with Crippen LogP contribution >= 0.6 is 0 Å². The van der Waals surface area contributed by atoms with Crippen LogP contribution in [0.4, 0.5) is 5.69 Å². The Bertz CT molecular complexity index is 1040. The zero-order chi connectivity index (χ0) is 22.1. The Labute approximate surface area is 178 Å². The van der Waals surface area contributed by atoms with Gasteiger partial charge in [0.2, 0.25) is 0 Å². The topological polar surface area (TPSA) is 63.2 Å². The molecule has 158 valence electrons. The van der Waals surface area contributed by atoms with Crippen molar-refractivity contribution in [3.05, 3.63) is 58.7 Å². The molecular weight excluding hydrogens is 378 g/mol. The molecule has 3 rings (SSSR count). The Morgan fingerprint density at radius 2 is 1.80 bits per heavy atom. The molecule has 30 heavy (non-hydrogen) atoms. The maximum atomic E-state index is 12.5. The number of fused-ring (bicyclic) bond motifs is 1. The molecule has 0 aliphatic carbocycles. The third-order valence-electron chi connectivity index (χ3n) is 5.54. The molecule has 0 aromatic heterocycles. The number of amides is 1. The van der Waals surface area contributed by atoms with Crippen LogP contribution in [0.15, 0.2) is 41.5 Å². The monoisotopic (exact) mass is 407 g/mol. The average Bonchev–Trinajstić information content (AvgIpc) is 2.71. The van der Waals surface area contributed by atoms with Gasteiger partial charge in [0.15, 0.2) is 0 Å². The molecule has 0 saturated heterocycles. The summed E-state index contributed by atoms with van der Waals surface area (Å²) >= 11 is 0. The smallest absolute Gasteiger partial charge is 0.275 e.